The van der Waals surface area contributed by atoms with Gasteiger partial charge in [0, 0.05) is 6.42 Å². The summed E-state index contributed by atoms with van der Waals surface area (Å²) >= 11 is 0.851. The van der Waals surface area contributed by atoms with E-state index in [0.717, 1.165) is 11.8 Å². The van der Waals surface area contributed by atoms with E-state index in [2.05, 4.69) is 5.32 Å². The summed E-state index contributed by atoms with van der Waals surface area (Å²) in [6.07, 6.45) is -1.88. The number of β-lactam (4-membered cyclic amide) rings is 1. The molecule has 0 bridgehead atoms. The Bertz CT molecular complexity index is 878. The lowest BCUT2D eigenvalue weighted by molar-refractivity contribution is -0.178. The van der Waals surface area contributed by atoms with Crippen LogP contribution in [0.3, 0.4) is 0 Å². The number of benzene rings is 1. The van der Waals surface area contributed by atoms with E-state index in [4.69, 9.17) is 14.6 Å². The molecule has 2 heterocycles. The molecule has 0 radical (unpaired) electrons. The van der Waals surface area contributed by atoms with Crippen LogP contribution in [0.25, 0.3) is 0 Å². The third-order valence-electron chi connectivity index (χ3n) is 4.71. The number of carboxylic acids is 1. The van der Waals surface area contributed by atoms with Gasteiger partial charge in [0.2, 0.25) is 6.23 Å². The number of cyclic esters (lactones) is 1. The maximum atomic E-state index is 12.4. The number of aliphatic hydroxyl groups excluding tert-OH is 1. The van der Waals surface area contributed by atoms with Crippen molar-refractivity contribution in [3.63, 3.8) is 0 Å². The fourth-order valence-electron chi connectivity index (χ4n) is 3.11. The Morgan fingerprint density at radius 3 is 2.58 bits per heavy atom. The second-order valence-electron chi connectivity index (χ2n) is 6.78. The Balaban J connectivity index is 1.60. The van der Waals surface area contributed by atoms with Crippen molar-refractivity contribution in [2.24, 2.45) is 5.92 Å². The maximum absolute atomic E-state index is 12.4. The minimum Gasteiger partial charge on any atom is -0.484 e. The van der Waals surface area contributed by atoms with Crippen LogP contribution in [0.4, 0.5) is 0 Å². The molecule has 3 rings (SSSR count). The topological polar surface area (TPSA) is 160 Å². The van der Waals surface area contributed by atoms with Crippen molar-refractivity contribution in [2.45, 2.75) is 24.1 Å². The smallest absolute Gasteiger partial charge is 0.354 e. The Kier molecular flexibility index (Phi) is 7.13. The van der Waals surface area contributed by atoms with Gasteiger partial charge in [-0.2, -0.15) is 0 Å². The van der Waals surface area contributed by atoms with Crippen LogP contribution < -0.4 is 10.1 Å². The lowest BCUT2D eigenvalue weighted by Crippen LogP contribution is -2.73. The SMILES string of the molecule is O=C(COc1ccccc1)N[C@@H]1C(=O)N([C@@H](O)C(=O)O)[C@@H]1SCC(=O)[C@H]1CCOC1=O. The number of aliphatic hydroxyl groups is 1. The van der Waals surface area contributed by atoms with Gasteiger partial charge in [0.05, 0.1) is 12.4 Å². The molecule has 4 atom stereocenters. The fourth-order valence-corrected chi connectivity index (χ4v) is 4.40. The molecule has 11 nitrogen and oxygen atoms in total. The molecular formula is C19H20N2O9S. The molecule has 1 aromatic rings. The number of esters is 1. The number of nitrogens with zero attached hydrogens (tertiary/aromatic N) is 1. The quantitative estimate of drug-likeness (QED) is 0.228. The van der Waals surface area contributed by atoms with Gasteiger partial charge in [-0.15, -0.1) is 11.8 Å². The van der Waals surface area contributed by atoms with Gasteiger partial charge in [-0.3, -0.25) is 24.1 Å². The molecule has 31 heavy (non-hydrogen) atoms. The van der Waals surface area contributed by atoms with Crippen LogP contribution in [0.15, 0.2) is 30.3 Å². The molecule has 2 aliphatic rings. The van der Waals surface area contributed by atoms with Crippen LogP contribution in [-0.2, 0) is 28.7 Å². The summed E-state index contributed by atoms with van der Waals surface area (Å²) in [5.41, 5.74) is 0. The van der Waals surface area contributed by atoms with Crippen molar-refractivity contribution in [2.75, 3.05) is 19.0 Å². The van der Waals surface area contributed by atoms with Gasteiger partial charge in [-0.05, 0) is 12.1 Å². The Hall–Kier alpha value is -3.12. The molecule has 0 saturated carbocycles. The number of amides is 2. The number of Topliss-reactive ketones (excluding diaryl/α,β-unsaturated/α-hetero) is 1. The molecule has 12 heteroatoms. The maximum Gasteiger partial charge on any atom is 0.354 e. The van der Waals surface area contributed by atoms with E-state index in [1.807, 2.05) is 0 Å². The van der Waals surface area contributed by atoms with E-state index < -0.39 is 53.1 Å². The molecule has 2 amide bonds. The number of carbonyl (C=O) groups excluding carboxylic acids is 4. The number of carbonyl (C=O) groups is 5. The first kappa shape index (κ1) is 22.6. The van der Waals surface area contributed by atoms with Crippen molar-refractivity contribution in [1.82, 2.24) is 10.2 Å². The summed E-state index contributed by atoms with van der Waals surface area (Å²) in [5.74, 6) is -4.85. The van der Waals surface area contributed by atoms with Crippen LogP contribution in [0.2, 0.25) is 0 Å². The summed E-state index contributed by atoms with van der Waals surface area (Å²) < 4.78 is 10.1. The fraction of sp³-hybridized carbons (Fsp3) is 0.421. The number of para-hydroxylation sites is 1. The van der Waals surface area contributed by atoms with Crippen molar-refractivity contribution >= 4 is 41.3 Å². The Labute approximate surface area is 180 Å². The van der Waals surface area contributed by atoms with E-state index in [0.29, 0.717) is 10.6 Å². The minimum absolute atomic E-state index is 0.145. The normalized spacial score (nSPS) is 23.5. The highest BCUT2D eigenvalue weighted by atomic mass is 32.2. The highest BCUT2D eigenvalue weighted by Crippen LogP contribution is 2.33. The molecule has 1 aromatic carbocycles. The van der Waals surface area contributed by atoms with Gasteiger partial charge in [-0.1, -0.05) is 18.2 Å². The monoisotopic (exact) mass is 452 g/mol. The van der Waals surface area contributed by atoms with Crippen molar-refractivity contribution in [3.05, 3.63) is 30.3 Å². The average molecular weight is 452 g/mol. The van der Waals surface area contributed by atoms with E-state index in [9.17, 15) is 29.1 Å². The molecule has 0 aliphatic carbocycles. The molecule has 3 N–H and O–H groups in total. The third-order valence-corrected chi connectivity index (χ3v) is 6.01. The van der Waals surface area contributed by atoms with Crippen LogP contribution >= 0.6 is 11.8 Å². The largest absolute Gasteiger partial charge is 0.484 e. The molecule has 0 aromatic heterocycles. The first-order chi connectivity index (χ1) is 14.8. The highest BCUT2D eigenvalue weighted by Gasteiger charge is 2.53. The molecule has 0 unspecified atom stereocenters. The second-order valence-corrected chi connectivity index (χ2v) is 7.89. The molecule has 166 valence electrons. The van der Waals surface area contributed by atoms with Gasteiger partial charge < -0.3 is 25.0 Å². The first-order valence-corrected chi connectivity index (χ1v) is 10.4. The number of hydrogen-bond donors (Lipinski definition) is 3. The van der Waals surface area contributed by atoms with Crippen LogP contribution in [0.5, 0.6) is 5.75 Å². The molecule has 0 spiro atoms. The molecule has 2 fully saturated rings. The zero-order chi connectivity index (χ0) is 22.5. The van der Waals surface area contributed by atoms with Crippen LogP contribution in [0.1, 0.15) is 6.42 Å². The zero-order valence-corrected chi connectivity index (χ0v) is 16.9. The number of thioether (sulfide) groups is 1. The van der Waals surface area contributed by atoms with Crippen molar-refractivity contribution in [3.8, 4) is 5.75 Å². The number of ketones is 1. The van der Waals surface area contributed by atoms with Gasteiger partial charge in [0.1, 0.15) is 23.1 Å². The van der Waals surface area contributed by atoms with E-state index in [-0.39, 0.29) is 25.4 Å². The lowest BCUT2D eigenvalue weighted by atomic mass is 10.0. The number of nitrogens with one attached hydrogen (secondary N) is 1. The number of aliphatic carboxylic acids is 1. The predicted molar refractivity (Wildman–Crippen MR) is 105 cm³/mol. The van der Waals surface area contributed by atoms with Gasteiger partial charge in [-0.25, -0.2) is 4.79 Å². The van der Waals surface area contributed by atoms with Crippen molar-refractivity contribution < 1.29 is 43.7 Å². The van der Waals surface area contributed by atoms with Crippen molar-refractivity contribution in [1.29, 1.82) is 0 Å². The number of ether oxygens (including phenoxy) is 2. The van der Waals surface area contributed by atoms with Gasteiger partial charge in [0.25, 0.3) is 11.8 Å². The average Bonchev–Trinajstić information content (AvgIpc) is 3.19. The summed E-state index contributed by atoms with van der Waals surface area (Å²) in [6.45, 7) is -0.245. The summed E-state index contributed by atoms with van der Waals surface area (Å²) in [5, 5.41) is 20.2. The van der Waals surface area contributed by atoms with E-state index >= 15 is 0 Å². The standard InChI is InChI=1S/C19H20N2O9S/c22-12(11-6-7-29-19(11)28)9-31-17-14(15(24)21(17)16(25)18(26)27)20-13(23)8-30-10-4-2-1-3-5-10/h1-5,11,14,16-17,25H,6-9H2,(H,20,23)(H,26,27)/t11-,14-,16+,17-/m1/s1. The van der Waals surface area contributed by atoms with Gasteiger partial charge >= 0.3 is 11.9 Å². The Morgan fingerprint density at radius 2 is 1.97 bits per heavy atom. The lowest BCUT2D eigenvalue weighted by Gasteiger charge is -2.47. The van der Waals surface area contributed by atoms with Gasteiger partial charge in [0.15, 0.2) is 12.4 Å². The number of rotatable bonds is 10. The zero-order valence-electron chi connectivity index (χ0n) is 16.1. The minimum atomic E-state index is -2.13. The van der Waals surface area contributed by atoms with Crippen LogP contribution in [0, 0.1) is 5.92 Å². The third kappa shape index (κ3) is 5.14. The molecule has 2 aliphatic heterocycles. The Morgan fingerprint density at radius 1 is 1.26 bits per heavy atom. The summed E-state index contributed by atoms with van der Waals surface area (Å²) in [6, 6.07) is 7.34. The number of carboxylic acid groups (broad SMARTS) is 1. The number of likely N-dealkylation sites (tertiary alicyclic amines) is 1. The molecule has 2 saturated heterocycles. The van der Waals surface area contributed by atoms with E-state index in [1.165, 1.54) is 0 Å². The summed E-state index contributed by atoms with van der Waals surface area (Å²) in [4.78, 5) is 60.1. The number of hydrogen-bond acceptors (Lipinski definition) is 9. The van der Waals surface area contributed by atoms with Crippen LogP contribution in [-0.4, -0.2) is 81.3 Å². The first-order valence-electron chi connectivity index (χ1n) is 9.31. The second kappa shape index (κ2) is 9.79. The predicted octanol–water partition coefficient (Wildman–Crippen LogP) is -1.01. The van der Waals surface area contributed by atoms with E-state index in [1.54, 1.807) is 30.3 Å². The summed E-state index contributed by atoms with van der Waals surface area (Å²) in [7, 11) is 0. The highest BCUT2D eigenvalue weighted by molar-refractivity contribution is 8.00. The molecular weight excluding hydrogens is 432 g/mol.